The van der Waals surface area contributed by atoms with Crippen LogP contribution in [0.1, 0.15) is 34.1 Å². The summed E-state index contributed by atoms with van der Waals surface area (Å²) in [6, 6.07) is 1.60. The van der Waals surface area contributed by atoms with Crippen LogP contribution in [0.15, 0.2) is 29.2 Å². The third kappa shape index (κ3) is 2.92. The molecule has 1 aliphatic rings. The van der Waals surface area contributed by atoms with Gasteiger partial charge < -0.3 is 9.73 Å². The second-order valence-corrected chi connectivity index (χ2v) is 7.69. The molecule has 7 nitrogen and oxygen atoms in total. The van der Waals surface area contributed by atoms with Gasteiger partial charge in [0.1, 0.15) is 0 Å². The largest absolute Gasteiger partial charge is 0.472 e. The highest BCUT2D eigenvalue weighted by Crippen LogP contribution is 2.25. The van der Waals surface area contributed by atoms with Crippen molar-refractivity contribution in [1.29, 1.82) is 0 Å². The highest BCUT2D eigenvalue weighted by Gasteiger charge is 2.31. The van der Waals surface area contributed by atoms with Gasteiger partial charge in [-0.15, -0.1) is 0 Å². The highest BCUT2D eigenvalue weighted by molar-refractivity contribution is 7.91. The van der Waals surface area contributed by atoms with E-state index in [1.165, 1.54) is 6.20 Å². The Bertz CT molecular complexity index is 777. The van der Waals surface area contributed by atoms with Crippen LogP contribution in [0.3, 0.4) is 0 Å². The summed E-state index contributed by atoms with van der Waals surface area (Å²) < 4.78 is 29.7. The maximum absolute atomic E-state index is 12.2. The van der Waals surface area contributed by atoms with Crippen molar-refractivity contribution in [3.05, 3.63) is 41.6 Å². The van der Waals surface area contributed by atoms with Crippen molar-refractivity contribution in [2.24, 2.45) is 0 Å². The van der Waals surface area contributed by atoms with E-state index in [2.05, 4.69) is 10.4 Å². The third-order valence-corrected chi connectivity index (χ3v) is 5.63. The lowest BCUT2D eigenvalue weighted by atomic mass is 10.2. The normalized spacial score (nSPS) is 20.1. The summed E-state index contributed by atoms with van der Waals surface area (Å²) in [6.07, 6.45) is 5.15. The number of hydrogen-bond donors (Lipinski definition) is 1. The van der Waals surface area contributed by atoms with Gasteiger partial charge in [-0.3, -0.25) is 9.48 Å². The predicted octanol–water partition coefficient (Wildman–Crippen LogP) is 1.07. The monoisotopic (exact) mass is 323 g/mol. The van der Waals surface area contributed by atoms with Gasteiger partial charge in [-0.1, -0.05) is 0 Å². The number of hydrogen-bond acceptors (Lipinski definition) is 5. The molecule has 1 N–H and O–H groups in total. The van der Waals surface area contributed by atoms with Crippen LogP contribution in [-0.4, -0.2) is 35.6 Å². The fraction of sp³-hybridized carbons (Fsp3) is 0.429. The molecule has 0 radical (unpaired) electrons. The summed E-state index contributed by atoms with van der Waals surface area (Å²) in [4.78, 5) is 12.2. The molecule has 3 heterocycles. The lowest BCUT2D eigenvalue weighted by Crippen LogP contribution is -2.23. The van der Waals surface area contributed by atoms with Crippen molar-refractivity contribution in [3.63, 3.8) is 0 Å². The Morgan fingerprint density at radius 1 is 1.55 bits per heavy atom. The van der Waals surface area contributed by atoms with E-state index >= 15 is 0 Å². The van der Waals surface area contributed by atoms with Crippen LogP contribution in [0.25, 0.3) is 0 Å². The van der Waals surface area contributed by atoms with Crippen molar-refractivity contribution < 1.29 is 17.6 Å². The van der Waals surface area contributed by atoms with Crippen LogP contribution < -0.4 is 5.32 Å². The van der Waals surface area contributed by atoms with E-state index in [4.69, 9.17) is 4.42 Å². The van der Waals surface area contributed by atoms with Gasteiger partial charge in [0.05, 0.1) is 41.8 Å². The van der Waals surface area contributed by atoms with Crippen LogP contribution in [0.5, 0.6) is 0 Å². The minimum absolute atomic E-state index is 0.0889. The Morgan fingerprint density at radius 3 is 3.00 bits per heavy atom. The average Bonchev–Trinajstić information content (AvgIpc) is 3.16. The van der Waals surface area contributed by atoms with Gasteiger partial charge in [-0.25, -0.2) is 8.42 Å². The summed E-state index contributed by atoms with van der Waals surface area (Å²) in [7, 11) is -2.98. The van der Waals surface area contributed by atoms with E-state index in [1.54, 1.807) is 30.2 Å². The molecule has 1 amide bonds. The molecule has 1 saturated heterocycles. The lowest BCUT2D eigenvalue weighted by Gasteiger charge is -2.11. The number of carbonyl (C=O) groups is 1. The summed E-state index contributed by atoms with van der Waals surface area (Å²) in [5.74, 6) is 0.0377. The number of amides is 1. The second-order valence-electron chi connectivity index (χ2n) is 5.46. The molecule has 2 aromatic rings. The van der Waals surface area contributed by atoms with Crippen LogP contribution in [-0.2, 0) is 16.4 Å². The first-order valence-corrected chi connectivity index (χ1v) is 8.82. The number of sulfone groups is 1. The van der Waals surface area contributed by atoms with E-state index in [9.17, 15) is 13.2 Å². The van der Waals surface area contributed by atoms with Crippen LogP contribution in [0.2, 0.25) is 0 Å². The van der Waals surface area contributed by atoms with E-state index in [1.807, 2.05) is 0 Å². The molecular weight excluding hydrogens is 306 g/mol. The molecule has 8 heteroatoms. The van der Waals surface area contributed by atoms with Gasteiger partial charge in [0.2, 0.25) is 0 Å². The molecule has 22 heavy (non-hydrogen) atoms. The molecule has 2 aromatic heterocycles. The fourth-order valence-electron chi connectivity index (χ4n) is 2.65. The average molecular weight is 323 g/mol. The number of carbonyl (C=O) groups excluding carboxylic acids is 1. The molecule has 0 saturated carbocycles. The fourth-order valence-corrected chi connectivity index (χ4v) is 4.35. The molecule has 0 aliphatic carbocycles. The van der Waals surface area contributed by atoms with Crippen molar-refractivity contribution in [1.82, 2.24) is 15.1 Å². The van der Waals surface area contributed by atoms with E-state index in [-0.39, 0.29) is 23.5 Å². The van der Waals surface area contributed by atoms with Crippen LogP contribution >= 0.6 is 0 Å². The first-order valence-electron chi connectivity index (χ1n) is 7.00. The molecule has 0 unspecified atom stereocenters. The molecule has 1 atom stereocenters. The zero-order chi connectivity index (χ0) is 15.7. The van der Waals surface area contributed by atoms with Crippen LogP contribution in [0.4, 0.5) is 0 Å². The first-order chi connectivity index (χ1) is 10.5. The van der Waals surface area contributed by atoms with E-state index < -0.39 is 9.84 Å². The van der Waals surface area contributed by atoms with Crippen molar-refractivity contribution in [3.8, 4) is 0 Å². The SMILES string of the molecule is Cc1c(C(=O)NCc2ccoc2)cnn1[C@@H]1CCS(=O)(=O)C1. The number of aromatic nitrogens is 2. The second kappa shape index (κ2) is 5.60. The van der Waals surface area contributed by atoms with E-state index in [0.717, 1.165) is 5.56 Å². The minimum Gasteiger partial charge on any atom is -0.472 e. The van der Waals surface area contributed by atoms with Gasteiger partial charge in [-0.05, 0) is 19.4 Å². The molecule has 0 spiro atoms. The maximum atomic E-state index is 12.2. The van der Waals surface area contributed by atoms with Crippen molar-refractivity contribution in [2.75, 3.05) is 11.5 Å². The molecule has 1 fully saturated rings. The summed E-state index contributed by atoms with van der Waals surface area (Å²) in [5, 5.41) is 6.99. The zero-order valence-corrected chi connectivity index (χ0v) is 13.0. The maximum Gasteiger partial charge on any atom is 0.255 e. The Kier molecular flexibility index (Phi) is 3.78. The third-order valence-electron chi connectivity index (χ3n) is 3.88. The molecular formula is C14H17N3O4S. The van der Waals surface area contributed by atoms with Gasteiger partial charge in [0, 0.05) is 17.8 Å². The lowest BCUT2D eigenvalue weighted by molar-refractivity contribution is 0.0950. The van der Waals surface area contributed by atoms with Gasteiger partial charge in [-0.2, -0.15) is 5.10 Å². The summed E-state index contributed by atoms with van der Waals surface area (Å²) in [6.45, 7) is 2.16. The summed E-state index contributed by atoms with van der Waals surface area (Å²) >= 11 is 0. The Balaban J connectivity index is 1.71. The van der Waals surface area contributed by atoms with Crippen molar-refractivity contribution >= 4 is 15.7 Å². The summed E-state index contributed by atoms with van der Waals surface area (Å²) in [5.41, 5.74) is 2.03. The number of nitrogens with one attached hydrogen (secondary N) is 1. The minimum atomic E-state index is -2.98. The van der Waals surface area contributed by atoms with E-state index in [0.29, 0.717) is 24.2 Å². The number of furan rings is 1. The smallest absolute Gasteiger partial charge is 0.255 e. The Hall–Kier alpha value is -2.09. The Labute approximate surface area is 128 Å². The van der Waals surface area contributed by atoms with Gasteiger partial charge in [0.25, 0.3) is 5.91 Å². The Morgan fingerprint density at radius 2 is 2.36 bits per heavy atom. The quantitative estimate of drug-likeness (QED) is 0.908. The highest BCUT2D eigenvalue weighted by atomic mass is 32.2. The molecule has 1 aliphatic heterocycles. The van der Waals surface area contributed by atoms with Gasteiger partial charge >= 0.3 is 0 Å². The molecule has 3 rings (SSSR count). The first kappa shape index (κ1) is 14.8. The number of nitrogens with zero attached hydrogens (tertiary/aromatic N) is 2. The van der Waals surface area contributed by atoms with Crippen LogP contribution in [0, 0.1) is 6.92 Å². The molecule has 0 aromatic carbocycles. The standard InChI is InChI=1S/C14H17N3O4S/c1-10-13(14(18)15-6-11-2-4-21-8-11)7-16-17(10)12-3-5-22(19,20)9-12/h2,4,7-8,12H,3,5-6,9H2,1H3,(H,15,18)/t12-/m1/s1. The molecule has 0 bridgehead atoms. The van der Waals surface area contributed by atoms with Crippen molar-refractivity contribution in [2.45, 2.75) is 25.9 Å². The molecule has 118 valence electrons. The predicted molar refractivity (Wildman–Crippen MR) is 79.2 cm³/mol. The zero-order valence-electron chi connectivity index (χ0n) is 12.2. The number of rotatable bonds is 4. The van der Waals surface area contributed by atoms with Gasteiger partial charge in [0.15, 0.2) is 9.84 Å². The topological polar surface area (TPSA) is 94.2 Å².